The molecule has 2 aromatic rings. The predicted molar refractivity (Wildman–Crippen MR) is 93.1 cm³/mol. The molecular formula is C17H12ClF3N2O5. The fourth-order valence-corrected chi connectivity index (χ4v) is 2.33. The van der Waals surface area contributed by atoms with Gasteiger partial charge in [0, 0.05) is 17.8 Å². The van der Waals surface area contributed by atoms with Crippen molar-refractivity contribution in [2.45, 2.75) is 19.2 Å². The summed E-state index contributed by atoms with van der Waals surface area (Å²) < 4.78 is 43.0. The van der Waals surface area contributed by atoms with Crippen molar-refractivity contribution < 1.29 is 32.4 Å². The lowest BCUT2D eigenvalue weighted by atomic mass is 10.2. The maximum atomic E-state index is 12.7. The molecule has 28 heavy (non-hydrogen) atoms. The number of nitro benzene ring substituents is 1. The van der Waals surface area contributed by atoms with Crippen molar-refractivity contribution in [3.63, 3.8) is 0 Å². The summed E-state index contributed by atoms with van der Waals surface area (Å²) in [5.41, 5.74) is -1.62. The first kappa shape index (κ1) is 21.2. The van der Waals surface area contributed by atoms with E-state index in [4.69, 9.17) is 16.3 Å². The molecule has 0 unspecified atom stereocenters. The monoisotopic (exact) mass is 416 g/mol. The van der Waals surface area contributed by atoms with Crippen molar-refractivity contribution in [2.24, 2.45) is 0 Å². The summed E-state index contributed by atoms with van der Waals surface area (Å²) in [4.78, 5) is 34.1. The SMILES string of the molecule is C[C@@H](OC(=O)c1ccc([N+](=O)[O-])cc1Cl)C(=O)Nc1cccc(C(F)(F)F)c1. The average Bonchev–Trinajstić information content (AvgIpc) is 2.60. The summed E-state index contributed by atoms with van der Waals surface area (Å²) in [5.74, 6) is -1.89. The van der Waals surface area contributed by atoms with Crippen LogP contribution in [0.1, 0.15) is 22.8 Å². The van der Waals surface area contributed by atoms with Gasteiger partial charge in [-0.3, -0.25) is 14.9 Å². The zero-order valence-electron chi connectivity index (χ0n) is 14.1. The third kappa shape index (κ3) is 5.19. The van der Waals surface area contributed by atoms with Gasteiger partial charge in [0.1, 0.15) is 0 Å². The Kier molecular flexibility index (Phi) is 6.24. The van der Waals surface area contributed by atoms with Crippen LogP contribution in [0.5, 0.6) is 0 Å². The lowest BCUT2D eigenvalue weighted by molar-refractivity contribution is -0.384. The second-order valence-electron chi connectivity index (χ2n) is 5.54. The van der Waals surface area contributed by atoms with E-state index in [1.807, 2.05) is 0 Å². The van der Waals surface area contributed by atoms with Crippen molar-refractivity contribution in [1.29, 1.82) is 0 Å². The molecule has 1 N–H and O–H groups in total. The Labute approximate surface area is 161 Å². The molecule has 2 aromatic carbocycles. The number of alkyl halides is 3. The summed E-state index contributed by atoms with van der Waals surface area (Å²) >= 11 is 5.81. The van der Waals surface area contributed by atoms with Gasteiger partial charge in [0.15, 0.2) is 6.10 Å². The molecule has 0 aromatic heterocycles. The van der Waals surface area contributed by atoms with Gasteiger partial charge in [0.05, 0.1) is 21.1 Å². The molecule has 0 aliphatic rings. The highest BCUT2D eigenvalue weighted by molar-refractivity contribution is 6.33. The number of nitrogens with one attached hydrogen (secondary N) is 1. The standard InChI is InChI=1S/C17H12ClF3N2O5/c1-9(15(24)22-11-4-2-3-10(7-11)17(19,20)21)28-16(25)13-6-5-12(23(26)27)8-14(13)18/h2-9H,1H3,(H,22,24)/t9-/m1/s1. The van der Waals surface area contributed by atoms with Crippen molar-refractivity contribution in [3.05, 3.63) is 68.7 Å². The predicted octanol–water partition coefficient (Wildman–Crippen LogP) is 4.45. The lowest BCUT2D eigenvalue weighted by Crippen LogP contribution is -2.30. The third-order valence-electron chi connectivity index (χ3n) is 3.49. The molecule has 0 spiro atoms. The number of hydrogen-bond donors (Lipinski definition) is 1. The number of rotatable bonds is 5. The van der Waals surface area contributed by atoms with Crippen LogP contribution in [0, 0.1) is 10.1 Å². The molecule has 1 amide bonds. The molecule has 7 nitrogen and oxygen atoms in total. The number of amides is 1. The Morgan fingerprint density at radius 3 is 2.46 bits per heavy atom. The van der Waals surface area contributed by atoms with Gasteiger partial charge in [-0.2, -0.15) is 13.2 Å². The number of halogens is 4. The van der Waals surface area contributed by atoms with Crippen LogP contribution in [0.2, 0.25) is 5.02 Å². The molecule has 148 valence electrons. The highest BCUT2D eigenvalue weighted by atomic mass is 35.5. The smallest absolute Gasteiger partial charge is 0.416 e. The van der Waals surface area contributed by atoms with Crippen molar-refractivity contribution in [3.8, 4) is 0 Å². The molecule has 0 bridgehead atoms. The lowest BCUT2D eigenvalue weighted by Gasteiger charge is -2.15. The van der Waals surface area contributed by atoms with Crippen LogP contribution in [0.3, 0.4) is 0 Å². The number of anilines is 1. The van der Waals surface area contributed by atoms with Gasteiger partial charge < -0.3 is 10.1 Å². The number of carbonyl (C=O) groups excluding carboxylic acids is 2. The number of hydrogen-bond acceptors (Lipinski definition) is 5. The Hall–Kier alpha value is -3.14. The number of esters is 1. The first-order chi connectivity index (χ1) is 13.0. The van der Waals surface area contributed by atoms with Crippen LogP contribution in [0.25, 0.3) is 0 Å². The van der Waals surface area contributed by atoms with Crippen LogP contribution in [-0.2, 0) is 15.7 Å². The van der Waals surface area contributed by atoms with Gasteiger partial charge in [-0.15, -0.1) is 0 Å². The number of carbonyl (C=O) groups is 2. The second-order valence-corrected chi connectivity index (χ2v) is 5.94. The topological polar surface area (TPSA) is 98.5 Å². The number of benzene rings is 2. The molecule has 0 heterocycles. The maximum absolute atomic E-state index is 12.7. The van der Waals surface area contributed by atoms with Crippen LogP contribution >= 0.6 is 11.6 Å². The van der Waals surface area contributed by atoms with Crippen LogP contribution in [-0.4, -0.2) is 22.9 Å². The highest BCUT2D eigenvalue weighted by Crippen LogP contribution is 2.30. The van der Waals surface area contributed by atoms with Crippen LogP contribution in [0.15, 0.2) is 42.5 Å². The van der Waals surface area contributed by atoms with E-state index in [1.165, 1.54) is 13.0 Å². The molecule has 1 atom stereocenters. The number of ether oxygens (including phenoxy) is 1. The van der Waals surface area contributed by atoms with E-state index in [0.717, 1.165) is 36.4 Å². The fraction of sp³-hybridized carbons (Fsp3) is 0.176. The average molecular weight is 417 g/mol. The van der Waals surface area contributed by atoms with E-state index >= 15 is 0 Å². The summed E-state index contributed by atoms with van der Waals surface area (Å²) in [7, 11) is 0. The van der Waals surface area contributed by atoms with Crippen molar-refractivity contribution >= 4 is 34.9 Å². The Morgan fingerprint density at radius 2 is 1.89 bits per heavy atom. The Balaban J connectivity index is 2.06. The third-order valence-corrected chi connectivity index (χ3v) is 3.81. The first-order valence-corrected chi connectivity index (χ1v) is 8.00. The van der Waals surface area contributed by atoms with Gasteiger partial charge >= 0.3 is 12.1 Å². The molecule has 0 saturated carbocycles. The van der Waals surface area contributed by atoms with Gasteiger partial charge in [-0.05, 0) is 31.2 Å². The van der Waals surface area contributed by atoms with Crippen molar-refractivity contribution in [1.82, 2.24) is 0 Å². The Bertz CT molecular complexity index is 933. The van der Waals surface area contributed by atoms with E-state index in [2.05, 4.69) is 5.32 Å². The number of non-ortho nitro benzene ring substituents is 1. The van der Waals surface area contributed by atoms with Gasteiger partial charge in [-0.25, -0.2) is 4.79 Å². The highest BCUT2D eigenvalue weighted by Gasteiger charge is 2.30. The second kappa shape index (κ2) is 8.26. The van der Waals surface area contributed by atoms with Gasteiger partial charge in [-0.1, -0.05) is 17.7 Å². The number of nitrogens with zero attached hydrogens (tertiary/aromatic N) is 1. The van der Waals surface area contributed by atoms with E-state index < -0.39 is 34.6 Å². The largest absolute Gasteiger partial charge is 0.449 e. The van der Waals surface area contributed by atoms with Gasteiger partial charge in [0.25, 0.3) is 11.6 Å². The molecular weight excluding hydrogens is 405 g/mol. The minimum absolute atomic E-state index is 0.129. The molecule has 0 saturated heterocycles. The van der Waals surface area contributed by atoms with Gasteiger partial charge in [0.2, 0.25) is 0 Å². The van der Waals surface area contributed by atoms with Crippen LogP contribution < -0.4 is 5.32 Å². The summed E-state index contributed by atoms with van der Waals surface area (Å²) in [5, 5.41) is 12.6. The van der Waals surface area contributed by atoms with E-state index in [0.29, 0.717) is 0 Å². The van der Waals surface area contributed by atoms with E-state index in [1.54, 1.807) is 0 Å². The normalized spacial score (nSPS) is 12.2. The quantitative estimate of drug-likeness (QED) is 0.441. The summed E-state index contributed by atoms with van der Waals surface area (Å²) in [6.45, 7) is 1.21. The fourth-order valence-electron chi connectivity index (χ4n) is 2.08. The molecule has 11 heteroatoms. The van der Waals surface area contributed by atoms with Crippen molar-refractivity contribution in [2.75, 3.05) is 5.32 Å². The molecule has 0 aliphatic heterocycles. The minimum atomic E-state index is -4.58. The summed E-state index contributed by atoms with van der Waals surface area (Å²) in [6, 6.07) is 7.00. The zero-order valence-corrected chi connectivity index (χ0v) is 14.9. The van der Waals surface area contributed by atoms with E-state index in [9.17, 15) is 32.9 Å². The molecule has 2 rings (SSSR count). The molecule has 0 aliphatic carbocycles. The van der Waals surface area contributed by atoms with E-state index in [-0.39, 0.29) is 22.0 Å². The zero-order chi connectivity index (χ0) is 21.1. The minimum Gasteiger partial charge on any atom is -0.449 e. The Morgan fingerprint density at radius 1 is 1.21 bits per heavy atom. The first-order valence-electron chi connectivity index (χ1n) is 7.62. The molecule has 0 radical (unpaired) electrons. The number of nitro groups is 1. The van der Waals surface area contributed by atoms with Crippen LogP contribution in [0.4, 0.5) is 24.5 Å². The molecule has 0 fully saturated rings. The summed E-state index contributed by atoms with van der Waals surface area (Å²) in [6.07, 6.45) is -5.95. The maximum Gasteiger partial charge on any atom is 0.416 e.